The Labute approximate surface area is 58.6 Å². The molecule has 0 aromatic rings. The lowest BCUT2D eigenvalue weighted by atomic mass is 10.4. The van der Waals surface area contributed by atoms with Crippen molar-refractivity contribution in [3.8, 4) is 0 Å². The van der Waals surface area contributed by atoms with Crippen LogP contribution in [0.5, 0.6) is 0 Å². The molecule has 0 unspecified atom stereocenters. The lowest BCUT2D eigenvalue weighted by Gasteiger charge is -1.93. The molecular weight excluding hydrogens is 130 g/mol. The summed E-state index contributed by atoms with van der Waals surface area (Å²) in [5.41, 5.74) is 0. The lowest BCUT2D eigenvalue weighted by Crippen LogP contribution is -2.13. The maximum Gasteiger partial charge on any atom is 0.393 e. The van der Waals surface area contributed by atoms with E-state index < -0.39 is 5.97 Å². The fourth-order valence-electron chi connectivity index (χ4n) is 0.720. The highest BCUT2D eigenvalue weighted by molar-refractivity contribution is 6.19. The summed E-state index contributed by atoms with van der Waals surface area (Å²) in [6.45, 7) is 0.642. The molecule has 0 aromatic carbocycles. The molecular formula is C7H8NO2+. The Balaban J connectivity index is 2.67. The summed E-state index contributed by atoms with van der Waals surface area (Å²) in [4.78, 5) is 10.1. The Morgan fingerprint density at radius 3 is 2.90 bits per heavy atom. The highest BCUT2D eigenvalue weighted by Gasteiger charge is 2.02. The lowest BCUT2D eigenvalue weighted by molar-refractivity contribution is -0.441. The van der Waals surface area contributed by atoms with Crippen LogP contribution in [0.1, 0.15) is 0 Å². The predicted octanol–water partition coefficient (Wildman–Crippen LogP) is 0.238. The molecule has 52 valence electrons. The normalized spacial score (nSPS) is 19.8. The number of carboxylic acid groups (broad SMARTS) is 1. The molecule has 0 amide bonds. The number of carboxylic acids is 1. The molecule has 3 heteroatoms. The van der Waals surface area contributed by atoms with E-state index in [1.54, 1.807) is 16.9 Å². The standard InChI is InChI=1S/C7H7NO2/c9-7(10)6-8-4-2-1-3-5-8/h1-4,6H,5H2/p+1. The van der Waals surface area contributed by atoms with Crippen LogP contribution in [0.2, 0.25) is 0 Å². The highest BCUT2D eigenvalue weighted by Crippen LogP contribution is 1.88. The van der Waals surface area contributed by atoms with Gasteiger partial charge in [0.25, 0.3) is 6.21 Å². The topological polar surface area (TPSA) is 40.3 Å². The zero-order valence-electron chi connectivity index (χ0n) is 5.40. The van der Waals surface area contributed by atoms with E-state index in [1.165, 1.54) is 0 Å². The zero-order chi connectivity index (χ0) is 7.40. The summed E-state index contributed by atoms with van der Waals surface area (Å²) in [7, 11) is 0. The van der Waals surface area contributed by atoms with Gasteiger partial charge in [0, 0.05) is 6.08 Å². The second-order valence-corrected chi connectivity index (χ2v) is 1.93. The highest BCUT2D eigenvalue weighted by atomic mass is 16.4. The monoisotopic (exact) mass is 138 g/mol. The summed E-state index contributed by atoms with van der Waals surface area (Å²) < 4.78 is 1.60. The number of aliphatic carboxylic acids is 1. The number of hydrogen-bond donors (Lipinski definition) is 1. The van der Waals surface area contributed by atoms with Crippen molar-refractivity contribution in [2.75, 3.05) is 6.54 Å². The third-order valence-corrected chi connectivity index (χ3v) is 1.12. The third kappa shape index (κ3) is 1.85. The Morgan fingerprint density at radius 1 is 1.60 bits per heavy atom. The van der Waals surface area contributed by atoms with Gasteiger partial charge in [-0.2, -0.15) is 4.58 Å². The number of rotatable bonds is 1. The van der Waals surface area contributed by atoms with Crippen LogP contribution in [0.15, 0.2) is 24.4 Å². The first-order chi connectivity index (χ1) is 4.79. The summed E-state index contributed by atoms with van der Waals surface area (Å²) >= 11 is 0. The van der Waals surface area contributed by atoms with Crippen LogP contribution < -0.4 is 0 Å². The van der Waals surface area contributed by atoms with Gasteiger partial charge in [0.2, 0.25) is 0 Å². The molecule has 0 fully saturated rings. The Kier molecular flexibility index (Phi) is 1.99. The van der Waals surface area contributed by atoms with E-state index in [0.29, 0.717) is 6.54 Å². The van der Waals surface area contributed by atoms with Gasteiger partial charge in [0.1, 0.15) is 0 Å². The van der Waals surface area contributed by atoms with E-state index in [-0.39, 0.29) is 0 Å². The van der Waals surface area contributed by atoms with Crippen molar-refractivity contribution in [3.05, 3.63) is 24.4 Å². The molecule has 1 N–H and O–H groups in total. The molecule has 0 atom stereocenters. The molecule has 1 rings (SSSR count). The van der Waals surface area contributed by atoms with Gasteiger partial charge in [0.15, 0.2) is 12.7 Å². The van der Waals surface area contributed by atoms with E-state index in [9.17, 15) is 4.79 Å². The van der Waals surface area contributed by atoms with Gasteiger partial charge >= 0.3 is 5.97 Å². The number of hydrogen-bond acceptors (Lipinski definition) is 1. The van der Waals surface area contributed by atoms with E-state index in [0.717, 1.165) is 6.21 Å². The Hall–Kier alpha value is -1.38. The Morgan fingerprint density at radius 2 is 2.40 bits per heavy atom. The SMILES string of the molecule is O=C(O)C=[N+]1C=CC=CC1. The van der Waals surface area contributed by atoms with Crippen LogP contribution in [0, 0.1) is 0 Å². The maximum absolute atomic E-state index is 10.1. The third-order valence-electron chi connectivity index (χ3n) is 1.12. The van der Waals surface area contributed by atoms with Gasteiger partial charge in [-0.3, -0.25) is 0 Å². The second kappa shape index (κ2) is 2.96. The molecule has 10 heavy (non-hydrogen) atoms. The van der Waals surface area contributed by atoms with E-state index in [2.05, 4.69) is 0 Å². The van der Waals surface area contributed by atoms with Gasteiger partial charge in [0.05, 0.1) is 0 Å². The fourth-order valence-corrected chi connectivity index (χ4v) is 0.720. The van der Waals surface area contributed by atoms with Crippen LogP contribution in [0.25, 0.3) is 0 Å². The van der Waals surface area contributed by atoms with Crippen LogP contribution >= 0.6 is 0 Å². The van der Waals surface area contributed by atoms with Gasteiger partial charge < -0.3 is 5.11 Å². The zero-order valence-corrected chi connectivity index (χ0v) is 5.40. The average Bonchev–Trinajstić information content (AvgIpc) is 1.88. The number of allylic oxidation sites excluding steroid dienone is 2. The maximum atomic E-state index is 10.1. The average molecular weight is 138 g/mol. The van der Waals surface area contributed by atoms with Crippen molar-refractivity contribution in [2.24, 2.45) is 0 Å². The molecule has 0 bridgehead atoms. The smallest absolute Gasteiger partial charge is 0.393 e. The molecule has 0 spiro atoms. The minimum atomic E-state index is -0.917. The molecule has 1 aliphatic rings. The van der Waals surface area contributed by atoms with Crippen molar-refractivity contribution >= 4 is 12.2 Å². The van der Waals surface area contributed by atoms with Crippen molar-refractivity contribution in [1.82, 2.24) is 0 Å². The number of carbonyl (C=O) groups is 1. The molecule has 1 heterocycles. The van der Waals surface area contributed by atoms with Crippen LogP contribution in [0.3, 0.4) is 0 Å². The Bertz CT molecular complexity index is 226. The summed E-state index contributed by atoms with van der Waals surface area (Å²) in [5, 5.41) is 8.31. The molecule has 3 nitrogen and oxygen atoms in total. The summed E-state index contributed by atoms with van der Waals surface area (Å²) in [5.74, 6) is -0.917. The van der Waals surface area contributed by atoms with Crippen LogP contribution in [-0.2, 0) is 4.79 Å². The molecule has 1 aliphatic heterocycles. The molecule has 0 aromatic heterocycles. The van der Waals surface area contributed by atoms with Gasteiger partial charge in [-0.05, 0) is 6.08 Å². The van der Waals surface area contributed by atoms with Crippen molar-refractivity contribution in [2.45, 2.75) is 0 Å². The van der Waals surface area contributed by atoms with Crippen molar-refractivity contribution in [1.29, 1.82) is 0 Å². The second-order valence-electron chi connectivity index (χ2n) is 1.93. The largest absolute Gasteiger partial charge is 0.474 e. The first-order valence-electron chi connectivity index (χ1n) is 2.96. The summed E-state index contributed by atoms with van der Waals surface area (Å²) in [6, 6.07) is 0. The van der Waals surface area contributed by atoms with Gasteiger partial charge in [-0.25, -0.2) is 4.79 Å². The molecule has 0 saturated heterocycles. The van der Waals surface area contributed by atoms with E-state index in [4.69, 9.17) is 5.11 Å². The molecule has 0 radical (unpaired) electrons. The minimum absolute atomic E-state index is 0.642. The fraction of sp³-hybridized carbons (Fsp3) is 0.143. The quantitative estimate of drug-likeness (QED) is 0.527. The minimum Gasteiger partial charge on any atom is -0.474 e. The molecule has 0 aliphatic carbocycles. The van der Waals surface area contributed by atoms with Crippen molar-refractivity contribution < 1.29 is 14.5 Å². The van der Waals surface area contributed by atoms with Crippen molar-refractivity contribution in [3.63, 3.8) is 0 Å². The number of nitrogens with zero attached hydrogens (tertiary/aromatic N) is 1. The van der Waals surface area contributed by atoms with Gasteiger partial charge in [-0.1, -0.05) is 6.08 Å². The van der Waals surface area contributed by atoms with E-state index in [1.807, 2.05) is 12.2 Å². The summed E-state index contributed by atoms with van der Waals surface area (Å²) in [6.07, 6.45) is 8.42. The van der Waals surface area contributed by atoms with Crippen LogP contribution in [0.4, 0.5) is 0 Å². The predicted molar refractivity (Wildman–Crippen MR) is 37.1 cm³/mol. The molecule has 0 saturated carbocycles. The van der Waals surface area contributed by atoms with E-state index >= 15 is 0 Å². The van der Waals surface area contributed by atoms with Crippen LogP contribution in [-0.4, -0.2) is 28.4 Å². The first kappa shape index (κ1) is 6.74. The first-order valence-corrected chi connectivity index (χ1v) is 2.96. The van der Waals surface area contributed by atoms with Gasteiger partial charge in [-0.15, -0.1) is 0 Å².